The molecule has 0 aromatic heterocycles. The molecular formula is C44H91NO2. The molecule has 0 aromatic rings. The van der Waals surface area contributed by atoms with Crippen molar-refractivity contribution in [2.24, 2.45) is 0 Å². The van der Waals surface area contributed by atoms with Gasteiger partial charge in [0.1, 0.15) is 0 Å². The normalized spacial score (nSPS) is 13.1. The summed E-state index contributed by atoms with van der Waals surface area (Å²) in [7, 11) is 0. The summed E-state index contributed by atoms with van der Waals surface area (Å²) in [6, 6.07) is 0. The lowest BCUT2D eigenvalue weighted by atomic mass is 10.0. The molecule has 0 rings (SSSR count). The lowest BCUT2D eigenvalue weighted by Gasteiger charge is -2.27. The summed E-state index contributed by atoms with van der Waals surface area (Å²) in [6.45, 7) is 9.39. The van der Waals surface area contributed by atoms with E-state index >= 15 is 0 Å². The van der Waals surface area contributed by atoms with Crippen LogP contribution in [0.25, 0.3) is 0 Å². The van der Waals surface area contributed by atoms with Gasteiger partial charge in [0.15, 0.2) is 0 Å². The van der Waals surface area contributed by atoms with E-state index in [-0.39, 0.29) is 12.2 Å². The zero-order valence-corrected chi connectivity index (χ0v) is 33.1. The summed E-state index contributed by atoms with van der Waals surface area (Å²) in [6.07, 6.45) is 47.5. The highest BCUT2D eigenvalue weighted by atomic mass is 16.3. The Balaban J connectivity index is 4.16. The maximum atomic E-state index is 10.9. The smallest absolute Gasteiger partial charge is 0.0667 e. The first-order valence-corrected chi connectivity index (χ1v) is 22.2. The highest BCUT2D eigenvalue weighted by molar-refractivity contribution is 4.70. The van der Waals surface area contributed by atoms with Crippen LogP contribution >= 0.6 is 0 Å². The molecule has 0 aromatic carbocycles. The molecule has 47 heavy (non-hydrogen) atoms. The van der Waals surface area contributed by atoms with Crippen LogP contribution in [0, 0.1) is 0 Å². The zero-order valence-electron chi connectivity index (χ0n) is 33.1. The first kappa shape index (κ1) is 46.9. The molecule has 284 valence electrons. The van der Waals surface area contributed by atoms with E-state index < -0.39 is 0 Å². The number of rotatable bonds is 41. The van der Waals surface area contributed by atoms with Gasteiger partial charge in [-0.25, -0.2) is 0 Å². The molecule has 0 aliphatic carbocycles. The molecule has 0 heterocycles. The van der Waals surface area contributed by atoms with Crippen molar-refractivity contribution in [3.8, 4) is 0 Å². The van der Waals surface area contributed by atoms with Gasteiger partial charge in [-0.15, -0.1) is 0 Å². The van der Waals surface area contributed by atoms with Gasteiger partial charge in [-0.05, 0) is 25.8 Å². The third kappa shape index (κ3) is 38.5. The van der Waals surface area contributed by atoms with Gasteiger partial charge in [0.25, 0.3) is 0 Å². The van der Waals surface area contributed by atoms with Crippen molar-refractivity contribution >= 4 is 0 Å². The van der Waals surface area contributed by atoms with Gasteiger partial charge in [-0.1, -0.05) is 233 Å². The average Bonchev–Trinajstić information content (AvgIpc) is 3.06. The third-order valence-corrected chi connectivity index (χ3v) is 10.5. The summed E-state index contributed by atoms with van der Waals surface area (Å²) in [4.78, 5) is 2.40. The Morgan fingerprint density at radius 3 is 0.766 bits per heavy atom. The summed E-state index contributed by atoms with van der Waals surface area (Å²) in [5.74, 6) is 0. The maximum Gasteiger partial charge on any atom is 0.0667 e. The Kier molecular flexibility index (Phi) is 40.2. The quantitative estimate of drug-likeness (QED) is 0.0639. The number of unbranched alkanes of at least 4 members (excludes halogenated alkanes) is 31. The van der Waals surface area contributed by atoms with Crippen molar-refractivity contribution in [2.75, 3.05) is 19.6 Å². The lowest BCUT2D eigenvalue weighted by Crippen LogP contribution is -2.38. The Labute approximate surface area is 298 Å². The molecule has 3 nitrogen and oxygen atoms in total. The van der Waals surface area contributed by atoms with Gasteiger partial charge in [-0.2, -0.15) is 0 Å². The number of hydrogen-bond donors (Lipinski definition) is 2. The first-order valence-electron chi connectivity index (χ1n) is 22.2. The van der Waals surface area contributed by atoms with Crippen molar-refractivity contribution < 1.29 is 10.2 Å². The van der Waals surface area contributed by atoms with E-state index in [2.05, 4.69) is 25.7 Å². The van der Waals surface area contributed by atoms with Crippen molar-refractivity contribution in [3.63, 3.8) is 0 Å². The van der Waals surface area contributed by atoms with Gasteiger partial charge < -0.3 is 10.2 Å². The monoisotopic (exact) mass is 666 g/mol. The van der Waals surface area contributed by atoms with E-state index in [1.165, 1.54) is 205 Å². The minimum atomic E-state index is -0.250. The molecule has 0 saturated heterocycles. The van der Waals surface area contributed by atoms with Crippen molar-refractivity contribution in [2.45, 2.75) is 264 Å². The summed E-state index contributed by atoms with van der Waals surface area (Å²) in [5.41, 5.74) is 0. The van der Waals surface area contributed by atoms with E-state index in [9.17, 15) is 10.2 Å². The highest BCUT2D eigenvalue weighted by Gasteiger charge is 2.16. The van der Waals surface area contributed by atoms with E-state index in [4.69, 9.17) is 0 Å². The van der Waals surface area contributed by atoms with Crippen LogP contribution in [0.2, 0.25) is 0 Å². The molecule has 0 aliphatic heterocycles. The van der Waals surface area contributed by atoms with Crippen LogP contribution in [0.15, 0.2) is 0 Å². The van der Waals surface area contributed by atoms with Crippen LogP contribution in [-0.2, 0) is 0 Å². The van der Waals surface area contributed by atoms with Crippen LogP contribution in [0.4, 0.5) is 0 Å². The standard InChI is InChI=1S/C44H91NO2/c1-4-7-10-13-16-19-22-24-26-29-32-35-38-43(46)41-45(40-37-34-31-28-21-18-15-12-9-6-3)42-44(47)39-36-33-30-27-25-23-20-17-14-11-8-5-2/h43-44,46-47H,4-42H2,1-3H3. The molecule has 0 aliphatic rings. The summed E-state index contributed by atoms with van der Waals surface area (Å²) < 4.78 is 0. The summed E-state index contributed by atoms with van der Waals surface area (Å²) >= 11 is 0. The Bertz CT molecular complexity index is 519. The first-order chi connectivity index (χ1) is 23.1. The largest absolute Gasteiger partial charge is 0.392 e. The SMILES string of the molecule is CCCCCCCCCCCCCCC(O)CN(CCCCCCCCCCCC)CC(O)CCCCCCCCCCCCCC. The van der Waals surface area contributed by atoms with E-state index in [1.807, 2.05) is 0 Å². The Morgan fingerprint density at radius 1 is 0.298 bits per heavy atom. The molecule has 0 radical (unpaired) electrons. The Hall–Kier alpha value is -0.120. The molecule has 0 bridgehead atoms. The van der Waals surface area contributed by atoms with Crippen LogP contribution in [0.5, 0.6) is 0 Å². The molecule has 0 saturated carbocycles. The van der Waals surface area contributed by atoms with Crippen molar-refractivity contribution in [1.82, 2.24) is 4.90 Å². The fraction of sp³-hybridized carbons (Fsp3) is 1.00. The van der Waals surface area contributed by atoms with Crippen molar-refractivity contribution in [3.05, 3.63) is 0 Å². The second kappa shape index (κ2) is 40.3. The molecule has 3 heteroatoms. The second-order valence-corrected chi connectivity index (χ2v) is 15.6. The molecular weight excluding hydrogens is 574 g/mol. The van der Waals surface area contributed by atoms with Gasteiger partial charge in [0, 0.05) is 13.1 Å². The molecule has 0 spiro atoms. The van der Waals surface area contributed by atoms with Gasteiger partial charge in [0.05, 0.1) is 12.2 Å². The lowest BCUT2D eigenvalue weighted by molar-refractivity contribution is 0.0596. The maximum absolute atomic E-state index is 10.9. The van der Waals surface area contributed by atoms with Gasteiger partial charge >= 0.3 is 0 Å². The van der Waals surface area contributed by atoms with E-state index in [1.54, 1.807) is 0 Å². The Morgan fingerprint density at radius 2 is 0.511 bits per heavy atom. The number of hydrogen-bond acceptors (Lipinski definition) is 3. The fourth-order valence-electron chi connectivity index (χ4n) is 7.30. The molecule has 0 fully saturated rings. The van der Waals surface area contributed by atoms with E-state index in [0.29, 0.717) is 0 Å². The zero-order chi connectivity index (χ0) is 34.3. The average molecular weight is 666 g/mol. The number of nitrogens with zero attached hydrogens (tertiary/aromatic N) is 1. The van der Waals surface area contributed by atoms with Crippen LogP contribution < -0.4 is 0 Å². The fourth-order valence-corrected chi connectivity index (χ4v) is 7.30. The van der Waals surface area contributed by atoms with Crippen molar-refractivity contribution in [1.29, 1.82) is 0 Å². The van der Waals surface area contributed by atoms with Crippen LogP contribution in [0.1, 0.15) is 252 Å². The predicted molar refractivity (Wildman–Crippen MR) is 212 cm³/mol. The van der Waals surface area contributed by atoms with Gasteiger partial charge in [-0.3, -0.25) is 4.90 Å². The minimum absolute atomic E-state index is 0.250. The molecule has 0 amide bonds. The number of aliphatic hydroxyl groups is 2. The minimum Gasteiger partial charge on any atom is -0.392 e. The summed E-state index contributed by atoms with van der Waals surface area (Å²) in [5, 5.41) is 21.8. The molecule has 2 N–H and O–H groups in total. The predicted octanol–water partition coefficient (Wildman–Crippen LogP) is 14.1. The molecule has 2 unspecified atom stereocenters. The van der Waals surface area contributed by atoms with E-state index in [0.717, 1.165) is 45.3 Å². The topological polar surface area (TPSA) is 43.7 Å². The number of aliphatic hydroxyl groups excluding tert-OH is 2. The van der Waals surface area contributed by atoms with Gasteiger partial charge in [0.2, 0.25) is 0 Å². The van der Waals surface area contributed by atoms with Crippen LogP contribution in [0.3, 0.4) is 0 Å². The third-order valence-electron chi connectivity index (χ3n) is 10.5. The van der Waals surface area contributed by atoms with Crippen LogP contribution in [-0.4, -0.2) is 47.0 Å². The highest BCUT2D eigenvalue weighted by Crippen LogP contribution is 2.16. The second-order valence-electron chi connectivity index (χ2n) is 15.6. The molecule has 2 atom stereocenters.